The summed E-state index contributed by atoms with van der Waals surface area (Å²) in [6.07, 6.45) is 6.12. The van der Waals surface area contributed by atoms with Crippen LogP contribution in [0.2, 0.25) is 0 Å². The number of piperidine rings is 4. The van der Waals surface area contributed by atoms with E-state index in [9.17, 15) is 19.8 Å². The Kier molecular flexibility index (Phi) is 5.40. The fraction of sp³-hybridized carbons (Fsp3) is 0.474. The van der Waals surface area contributed by atoms with Gasteiger partial charge in [-0.2, -0.15) is 0 Å². The average molecular weight is 617 g/mol. The summed E-state index contributed by atoms with van der Waals surface area (Å²) in [6, 6.07) is 16.6. The first-order chi connectivity index (χ1) is 21.8. The van der Waals surface area contributed by atoms with E-state index in [4.69, 9.17) is 9.98 Å². The predicted octanol–water partition coefficient (Wildman–Crippen LogP) is 4.28. The van der Waals surface area contributed by atoms with E-state index in [0.29, 0.717) is 13.1 Å². The molecule has 2 aromatic rings. The molecular weight excluding hydrogens is 576 g/mol. The zero-order valence-electron chi connectivity index (χ0n) is 26.9. The molecule has 236 valence electrons. The lowest BCUT2D eigenvalue weighted by Gasteiger charge is -2.63. The second-order valence-corrected chi connectivity index (χ2v) is 15.2. The van der Waals surface area contributed by atoms with Crippen molar-refractivity contribution in [1.29, 1.82) is 0 Å². The third-order valence-corrected chi connectivity index (χ3v) is 13.3. The molecule has 2 aliphatic carbocycles. The van der Waals surface area contributed by atoms with E-state index in [1.54, 1.807) is 0 Å². The Morgan fingerprint density at radius 3 is 1.46 bits per heavy atom. The molecule has 0 amide bonds. The van der Waals surface area contributed by atoms with Gasteiger partial charge in [0.05, 0.1) is 57.8 Å². The van der Waals surface area contributed by atoms with Crippen molar-refractivity contribution in [3.05, 3.63) is 83.0 Å². The van der Waals surface area contributed by atoms with Crippen LogP contribution in [-0.2, 0) is 20.4 Å². The van der Waals surface area contributed by atoms with Gasteiger partial charge in [-0.15, -0.1) is 0 Å². The van der Waals surface area contributed by atoms with Gasteiger partial charge < -0.3 is 10.2 Å². The molecule has 8 aliphatic rings. The molecule has 10 rings (SSSR count). The minimum atomic E-state index is -1.16. The van der Waals surface area contributed by atoms with Crippen LogP contribution in [0.15, 0.2) is 81.8 Å². The van der Waals surface area contributed by atoms with Crippen molar-refractivity contribution in [2.45, 2.75) is 86.5 Å². The summed E-state index contributed by atoms with van der Waals surface area (Å²) >= 11 is 0. The Bertz CT molecular complexity index is 1790. The van der Waals surface area contributed by atoms with Gasteiger partial charge >= 0.3 is 0 Å². The monoisotopic (exact) mass is 616 g/mol. The molecule has 8 nitrogen and oxygen atoms in total. The van der Waals surface area contributed by atoms with E-state index >= 15 is 0 Å². The highest BCUT2D eigenvalue weighted by Crippen LogP contribution is 2.61. The first-order valence-corrected chi connectivity index (χ1v) is 16.6. The van der Waals surface area contributed by atoms with E-state index in [-0.39, 0.29) is 35.2 Å². The Balaban J connectivity index is 0.000000127. The van der Waals surface area contributed by atoms with Crippen LogP contribution in [0.3, 0.4) is 0 Å². The fourth-order valence-corrected chi connectivity index (χ4v) is 10.9. The first-order valence-electron chi connectivity index (χ1n) is 16.6. The molecule has 0 radical (unpaired) electrons. The van der Waals surface area contributed by atoms with Crippen molar-refractivity contribution in [2.75, 3.05) is 26.2 Å². The van der Waals surface area contributed by atoms with Crippen LogP contribution in [-0.4, -0.2) is 91.5 Å². The molecule has 6 atom stereocenters. The highest BCUT2D eigenvalue weighted by molar-refractivity contribution is 6.15. The van der Waals surface area contributed by atoms with Gasteiger partial charge in [0.25, 0.3) is 0 Å². The van der Waals surface area contributed by atoms with E-state index in [0.717, 1.165) is 59.9 Å². The minimum absolute atomic E-state index is 0.111. The molecule has 4 saturated heterocycles. The van der Waals surface area contributed by atoms with Crippen LogP contribution in [0.5, 0.6) is 0 Å². The van der Waals surface area contributed by atoms with Gasteiger partial charge in [0, 0.05) is 25.9 Å². The normalized spacial score (nSPS) is 41.1. The van der Waals surface area contributed by atoms with Crippen molar-refractivity contribution in [2.24, 2.45) is 9.98 Å². The summed E-state index contributed by atoms with van der Waals surface area (Å²) in [5, 5.41) is 22.8. The largest absolute Gasteiger partial charge is 0.383 e. The molecule has 6 heterocycles. The molecular formula is C38H40N4O4. The number of carbonyl (C=O) groups excluding carboxylic acids is 2. The van der Waals surface area contributed by atoms with Crippen LogP contribution in [0.4, 0.5) is 11.4 Å². The molecule has 0 aromatic heterocycles. The zero-order valence-corrected chi connectivity index (χ0v) is 26.9. The summed E-state index contributed by atoms with van der Waals surface area (Å²) < 4.78 is 0. The van der Waals surface area contributed by atoms with E-state index in [1.807, 2.05) is 24.3 Å². The molecule has 0 saturated carbocycles. The maximum Gasteiger partial charge on any atom is 0.150 e. The third kappa shape index (κ3) is 3.02. The minimum Gasteiger partial charge on any atom is -0.383 e. The third-order valence-electron chi connectivity index (χ3n) is 13.3. The quantitative estimate of drug-likeness (QED) is 0.429. The van der Waals surface area contributed by atoms with Crippen molar-refractivity contribution in [3.8, 4) is 0 Å². The van der Waals surface area contributed by atoms with Crippen LogP contribution < -0.4 is 0 Å². The van der Waals surface area contributed by atoms with E-state index in [1.165, 1.54) is 11.1 Å². The van der Waals surface area contributed by atoms with Gasteiger partial charge in [-0.1, -0.05) is 59.7 Å². The van der Waals surface area contributed by atoms with Gasteiger partial charge in [0.2, 0.25) is 0 Å². The number of aliphatic hydroxyl groups is 2. The summed E-state index contributed by atoms with van der Waals surface area (Å²) in [5.74, 6) is 0.221. The van der Waals surface area contributed by atoms with Gasteiger partial charge in [-0.3, -0.25) is 29.4 Å². The van der Waals surface area contributed by atoms with Crippen molar-refractivity contribution in [1.82, 2.24) is 9.80 Å². The summed E-state index contributed by atoms with van der Waals surface area (Å²) in [6.45, 7) is 10.8. The van der Waals surface area contributed by atoms with Crippen LogP contribution in [0.1, 0.15) is 64.5 Å². The summed E-state index contributed by atoms with van der Waals surface area (Å²) in [4.78, 5) is 38.7. The number of carbonyl (C=O) groups is 2. The molecule has 6 aliphatic heterocycles. The van der Waals surface area contributed by atoms with Crippen LogP contribution >= 0.6 is 0 Å². The van der Waals surface area contributed by atoms with Crippen molar-refractivity contribution in [3.63, 3.8) is 0 Å². The number of rotatable bonds is 0. The number of ketones is 2. The topological polar surface area (TPSA) is 106 Å². The fourth-order valence-electron chi connectivity index (χ4n) is 10.9. The lowest BCUT2D eigenvalue weighted by atomic mass is 9.52. The van der Waals surface area contributed by atoms with Crippen molar-refractivity contribution < 1.29 is 19.8 Å². The number of Topliss-reactive ketones (excluding diaryl/α,β-unsaturated/α-hetero) is 2. The van der Waals surface area contributed by atoms with Gasteiger partial charge in [0.15, 0.2) is 0 Å². The number of fused-ring (bicyclic) bond motifs is 2. The zero-order chi connectivity index (χ0) is 32.1. The highest BCUT2D eigenvalue weighted by atomic mass is 16.3. The maximum absolute atomic E-state index is 12.2. The number of nitrogens with zero attached hydrogens (tertiary/aromatic N) is 4. The van der Waals surface area contributed by atoms with Crippen LogP contribution in [0, 0.1) is 0 Å². The highest BCUT2D eigenvalue weighted by Gasteiger charge is 2.70. The summed E-state index contributed by atoms with van der Waals surface area (Å²) in [5.41, 5.74) is 4.96. The molecule has 2 aromatic carbocycles. The number of aliphatic imine (C=N–C) groups is 2. The number of hydrogen-bond donors (Lipinski definition) is 2. The molecule has 0 unspecified atom stereocenters. The SMILES string of the molecule is CC1=C[C@@]2(O)CC(=O)CN3CC[C@]14C(=Nc1ccccc14)[C@]32C.CC1=C[C@]2(O)CC(=O)CN3CC[C@@]14C(=Nc1ccccc14)[C@@]32C. The molecule has 0 spiro atoms. The average Bonchev–Trinajstić information content (AvgIpc) is 3.55. The number of benzene rings is 2. The number of allylic oxidation sites excluding steroid dienone is 2. The molecule has 46 heavy (non-hydrogen) atoms. The van der Waals surface area contributed by atoms with Crippen molar-refractivity contribution >= 4 is 34.4 Å². The van der Waals surface area contributed by atoms with Gasteiger partial charge in [-0.25, -0.2) is 0 Å². The second kappa shape index (κ2) is 8.66. The van der Waals surface area contributed by atoms with Gasteiger partial charge in [0.1, 0.15) is 22.8 Å². The first kappa shape index (κ1) is 28.6. The molecule has 4 fully saturated rings. The lowest BCUT2D eigenvalue weighted by molar-refractivity contribution is -0.143. The lowest BCUT2D eigenvalue weighted by Crippen LogP contribution is -2.78. The smallest absolute Gasteiger partial charge is 0.150 e. The Hall–Kier alpha value is -3.56. The van der Waals surface area contributed by atoms with E-state index in [2.05, 4.69) is 73.9 Å². The van der Waals surface area contributed by atoms with Crippen LogP contribution in [0.25, 0.3) is 0 Å². The Morgan fingerprint density at radius 2 is 1.04 bits per heavy atom. The standard InChI is InChI=1S/2C19H20N2O2/c2*1-12-9-18(23)10-13(22)11-21-8-7-19(12)14-5-3-4-6-15(14)20-16(19)17(18,21)2/h2*3-6,9,23H,7-8,10-11H2,1-2H3/t2*17-,18+,19-/m10/s1. The molecule has 8 heteroatoms. The van der Waals surface area contributed by atoms with E-state index < -0.39 is 22.3 Å². The molecule has 4 bridgehead atoms. The number of hydrogen-bond acceptors (Lipinski definition) is 8. The Labute approximate surface area is 269 Å². The second-order valence-electron chi connectivity index (χ2n) is 15.2. The summed E-state index contributed by atoms with van der Waals surface area (Å²) in [7, 11) is 0. The van der Waals surface area contributed by atoms with Gasteiger partial charge in [-0.05, 0) is 63.8 Å². The maximum atomic E-state index is 12.2. The Morgan fingerprint density at radius 1 is 0.652 bits per heavy atom. The predicted molar refractivity (Wildman–Crippen MR) is 176 cm³/mol. The number of para-hydroxylation sites is 2. The molecule has 2 N–H and O–H groups in total.